The lowest BCUT2D eigenvalue weighted by Gasteiger charge is -2.35. The van der Waals surface area contributed by atoms with Crippen LogP contribution in [0.15, 0.2) is 48.0 Å². The number of hydrogen-bond acceptors (Lipinski definition) is 8. The predicted molar refractivity (Wildman–Crippen MR) is 134 cm³/mol. The summed E-state index contributed by atoms with van der Waals surface area (Å²) in [4.78, 5) is 26.0. The highest BCUT2D eigenvalue weighted by Crippen LogP contribution is 2.27. The van der Waals surface area contributed by atoms with Gasteiger partial charge in [-0.1, -0.05) is 17.7 Å². The molecule has 1 aliphatic heterocycles. The van der Waals surface area contributed by atoms with E-state index in [4.69, 9.17) is 16.3 Å². The molecule has 1 aliphatic rings. The highest BCUT2D eigenvalue weighted by molar-refractivity contribution is 7.13. The van der Waals surface area contributed by atoms with Crippen LogP contribution in [0.5, 0.6) is 5.75 Å². The number of nitrogens with one attached hydrogen (secondary N) is 2. The Balaban J connectivity index is 1.20. The quantitative estimate of drug-likeness (QED) is 0.473. The van der Waals surface area contributed by atoms with Gasteiger partial charge in [0.25, 0.3) is 0 Å². The number of anilines is 3. The predicted octanol–water partition coefficient (Wildman–Crippen LogP) is 3.96. The van der Waals surface area contributed by atoms with Crippen molar-refractivity contribution < 1.29 is 9.53 Å². The van der Waals surface area contributed by atoms with Crippen LogP contribution in [0, 0.1) is 0 Å². The molecule has 1 saturated heterocycles. The topological polar surface area (TPSA) is 82.6 Å². The second kappa shape index (κ2) is 11.3. The second-order valence-electron chi connectivity index (χ2n) is 7.66. The van der Waals surface area contributed by atoms with Crippen LogP contribution in [0.2, 0.25) is 5.02 Å². The first-order valence-electron chi connectivity index (χ1n) is 10.8. The number of aromatic nitrogens is 2. The maximum Gasteiger partial charge on any atom is 0.227 e. The Kier molecular flexibility index (Phi) is 7.98. The van der Waals surface area contributed by atoms with Gasteiger partial charge in [0.2, 0.25) is 5.91 Å². The van der Waals surface area contributed by atoms with Crippen LogP contribution < -0.4 is 20.3 Å². The molecule has 0 spiro atoms. The van der Waals surface area contributed by atoms with Crippen LogP contribution in [0.1, 0.15) is 12.1 Å². The van der Waals surface area contributed by atoms with Crippen molar-refractivity contribution >= 4 is 45.5 Å². The zero-order valence-electron chi connectivity index (χ0n) is 18.5. The van der Waals surface area contributed by atoms with E-state index in [-0.39, 0.29) is 5.91 Å². The van der Waals surface area contributed by atoms with Gasteiger partial charge in [0.15, 0.2) is 5.13 Å². The molecule has 0 bridgehead atoms. The van der Waals surface area contributed by atoms with Gasteiger partial charge in [-0.3, -0.25) is 9.69 Å². The number of ether oxygens (including phenoxy) is 1. The Morgan fingerprint density at radius 1 is 1.21 bits per heavy atom. The minimum atomic E-state index is -0.0895. The number of halogens is 1. The maximum atomic E-state index is 12.3. The third kappa shape index (κ3) is 6.56. The van der Waals surface area contributed by atoms with Crippen molar-refractivity contribution in [2.24, 2.45) is 0 Å². The van der Waals surface area contributed by atoms with E-state index < -0.39 is 0 Å². The second-order valence-corrected chi connectivity index (χ2v) is 8.96. The Labute approximate surface area is 202 Å². The van der Waals surface area contributed by atoms with Gasteiger partial charge in [-0.05, 0) is 30.3 Å². The summed E-state index contributed by atoms with van der Waals surface area (Å²) in [6.07, 6.45) is 2.14. The first-order valence-corrected chi connectivity index (χ1v) is 12.1. The van der Waals surface area contributed by atoms with E-state index in [0.29, 0.717) is 28.9 Å². The molecule has 1 fully saturated rings. The van der Waals surface area contributed by atoms with Gasteiger partial charge in [0.05, 0.1) is 18.5 Å². The summed E-state index contributed by atoms with van der Waals surface area (Å²) < 4.78 is 5.31. The Morgan fingerprint density at radius 2 is 2.06 bits per heavy atom. The van der Waals surface area contributed by atoms with Crippen LogP contribution in [0.25, 0.3) is 0 Å². The van der Waals surface area contributed by atoms with Gasteiger partial charge >= 0.3 is 0 Å². The molecular formula is C23H27ClN6O2S. The fourth-order valence-corrected chi connectivity index (χ4v) is 4.54. The normalized spacial score (nSPS) is 14.2. The van der Waals surface area contributed by atoms with Crippen LogP contribution in [-0.4, -0.2) is 60.6 Å². The fourth-order valence-electron chi connectivity index (χ4n) is 3.65. The van der Waals surface area contributed by atoms with E-state index in [1.54, 1.807) is 25.3 Å². The lowest BCUT2D eigenvalue weighted by Crippen LogP contribution is -2.46. The third-order valence-electron chi connectivity index (χ3n) is 5.36. The summed E-state index contributed by atoms with van der Waals surface area (Å²) in [5.74, 6) is 1.62. The monoisotopic (exact) mass is 486 g/mol. The number of methoxy groups -OCH3 is 1. The molecular weight excluding hydrogens is 460 g/mol. The number of piperazine rings is 1. The van der Waals surface area contributed by atoms with Gasteiger partial charge in [0.1, 0.15) is 11.6 Å². The number of carbonyl (C=O) groups is 1. The molecule has 3 heterocycles. The molecule has 1 amide bonds. The van der Waals surface area contributed by atoms with E-state index in [2.05, 4.69) is 30.4 Å². The highest BCUT2D eigenvalue weighted by Gasteiger charge is 2.19. The molecule has 8 nitrogen and oxygen atoms in total. The number of nitrogens with zero attached hydrogens (tertiary/aromatic N) is 4. The van der Waals surface area contributed by atoms with Crippen LogP contribution in [-0.2, 0) is 11.3 Å². The molecule has 10 heteroatoms. The van der Waals surface area contributed by atoms with Gasteiger partial charge in [-0.25, -0.2) is 9.97 Å². The molecule has 2 N–H and O–H groups in total. The van der Waals surface area contributed by atoms with Crippen molar-refractivity contribution in [1.29, 1.82) is 0 Å². The maximum absolute atomic E-state index is 12.3. The van der Waals surface area contributed by atoms with E-state index in [9.17, 15) is 4.79 Å². The lowest BCUT2D eigenvalue weighted by atomic mass is 10.3. The highest BCUT2D eigenvalue weighted by atomic mass is 35.5. The summed E-state index contributed by atoms with van der Waals surface area (Å²) in [6.45, 7) is 5.02. The van der Waals surface area contributed by atoms with Crippen LogP contribution in [0.4, 0.5) is 16.6 Å². The SMILES string of the molecule is COc1ccc(Cl)cc1NCCC(=O)Nc1nc(CN2CCN(c3ccccn3)CC2)cs1. The minimum absolute atomic E-state index is 0.0895. The molecule has 174 valence electrons. The first kappa shape index (κ1) is 23.3. The van der Waals surface area contributed by atoms with Crippen molar-refractivity contribution in [3.63, 3.8) is 0 Å². The number of rotatable bonds is 9. The molecule has 33 heavy (non-hydrogen) atoms. The smallest absolute Gasteiger partial charge is 0.227 e. The first-order chi connectivity index (χ1) is 16.1. The summed E-state index contributed by atoms with van der Waals surface area (Å²) in [5, 5.41) is 9.33. The van der Waals surface area contributed by atoms with E-state index in [0.717, 1.165) is 49.9 Å². The summed E-state index contributed by atoms with van der Waals surface area (Å²) in [6, 6.07) is 11.3. The minimum Gasteiger partial charge on any atom is -0.495 e. The Morgan fingerprint density at radius 3 is 2.82 bits per heavy atom. The van der Waals surface area contributed by atoms with Crippen LogP contribution >= 0.6 is 22.9 Å². The number of benzene rings is 1. The fraction of sp³-hybridized carbons (Fsp3) is 0.348. The molecule has 0 unspecified atom stereocenters. The van der Waals surface area contributed by atoms with Gasteiger partial charge in [-0.15, -0.1) is 11.3 Å². The molecule has 0 aliphatic carbocycles. The third-order valence-corrected chi connectivity index (χ3v) is 6.40. The summed E-state index contributed by atoms with van der Waals surface area (Å²) >= 11 is 7.49. The average Bonchev–Trinajstić information content (AvgIpc) is 3.27. The number of pyridine rings is 1. The van der Waals surface area contributed by atoms with Gasteiger partial charge in [-0.2, -0.15) is 0 Å². The van der Waals surface area contributed by atoms with E-state index in [1.165, 1.54) is 11.3 Å². The van der Waals surface area contributed by atoms with Crippen molar-refractivity contribution in [3.05, 3.63) is 58.7 Å². The molecule has 3 aromatic rings. The molecule has 4 rings (SSSR count). The zero-order valence-corrected chi connectivity index (χ0v) is 20.0. The van der Waals surface area contributed by atoms with Crippen LogP contribution in [0.3, 0.4) is 0 Å². The standard InChI is InChI=1S/C23H27ClN6O2S/c1-32-20-6-5-17(24)14-19(20)25-9-7-22(31)28-23-27-18(16-33-23)15-29-10-12-30(13-11-29)21-4-2-3-8-26-21/h2-6,8,14,16,25H,7,9-13,15H2,1H3,(H,27,28,31). The number of amides is 1. The largest absolute Gasteiger partial charge is 0.495 e. The van der Waals surface area contributed by atoms with Crippen molar-refractivity contribution in [1.82, 2.24) is 14.9 Å². The number of carbonyl (C=O) groups excluding carboxylic acids is 1. The zero-order chi connectivity index (χ0) is 23.0. The van der Waals surface area contributed by atoms with E-state index >= 15 is 0 Å². The van der Waals surface area contributed by atoms with Crippen molar-refractivity contribution in [2.75, 3.05) is 55.4 Å². The lowest BCUT2D eigenvalue weighted by molar-refractivity contribution is -0.115. The molecule has 0 radical (unpaired) electrons. The Hall–Kier alpha value is -2.88. The Bertz CT molecular complexity index is 1060. The number of thiazole rings is 1. The average molecular weight is 487 g/mol. The molecule has 1 aromatic carbocycles. The van der Waals surface area contributed by atoms with Gasteiger partial charge in [0, 0.05) is 62.3 Å². The molecule has 0 atom stereocenters. The molecule has 2 aromatic heterocycles. The van der Waals surface area contributed by atoms with E-state index in [1.807, 2.05) is 29.8 Å². The van der Waals surface area contributed by atoms with Crippen molar-refractivity contribution in [3.8, 4) is 5.75 Å². The molecule has 0 saturated carbocycles. The van der Waals surface area contributed by atoms with Gasteiger partial charge < -0.3 is 20.3 Å². The van der Waals surface area contributed by atoms with Crippen molar-refractivity contribution in [2.45, 2.75) is 13.0 Å². The number of hydrogen-bond donors (Lipinski definition) is 2. The summed E-state index contributed by atoms with van der Waals surface area (Å²) in [7, 11) is 1.60. The summed E-state index contributed by atoms with van der Waals surface area (Å²) in [5.41, 5.74) is 1.74.